The number of methoxy groups -OCH3 is 1. The van der Waals surface area contributed by atoms with Crippen molar-refractivity contribution in [2.24, 2.45) is 17.3 Å². The molecule has 1 fully saturated rings. The van der Waals surface area contributed by atoms with E-state index in [0.29, 0.717) is 0 Å². The summed E-state index contributed by atoms with van der Waals surface area (Å²) >= 11 is 11.4. The highest BCUT2D eigenvalue weighted by Crippen LogP contribution is 2.60. The molecule has 1 amide bonds. The number of nitrogens with one attached hydrogen (secondary N) is 1. The van der Waals surface area contributed by atoms with Crippen LogP contribution in [0.3, 0.4) is 0 Å². The minimum Gasteiger partial charge on any atom is -0.497 e. The van der Waals surface area contributed by atoms with E-state index in [1.807, 2.05) is 26.0 Å². The lowest BCUT2D eigenvalue weighted by molar-refractivity contribution is -0.118. The van der Waals surface area contributed by atoms with E-state index in [2.05, 4.69) is 5.32 Å². The van der Waals surface area contributed by atoms with Gasteiger partial charge in [0.05, 0.1) is 13.0 Å². The summed E-state index contributed by atoms with van der Waals surface area (Å²) in [5.41, 5.74) is 0.629. The van der Waals surface area contributed by atoms with Crippen LogP contribution in [0, 0.1) is 17.3 Å². The van der Waals surface area contributed by atoms with E-state index in [1.54, 1.807) is 25.3 Å². The Morgan fingerprint density at radius 2 is 1.90 bits per heavy atom. The number of anilines is 1. The molecule has 0 heterocycles. The van der Waals surface area contributed by atoms with Crippen molar-refractivity contribution in [2.45, 2.75) is 13.8 Å². The number of hydrogen-bond donors (Lipinski definition) is 1. The van der Waals surface area contributed by atoms with Crippen LogP contribution in [-0.2, 0) is 4.79 Å². The molecule has 20 heavy (non-hydrogen) atoms. The van der Waals surface area contributed by atoms with Crippen LogP contribution in [0.4, 0.5) is 5.69 Å². The van der Waals surface area contributed by atoms with Crippen molar-refractivity contribution in [3.63, 3.8) is 0 Å². The normalized spacial score (nSPS) is 22.9. The smallest absolute Gasteiger partial charge is 0.228 e. The first kappa shape index (κ1) is 15.2. The van der Waals surface area contributed by atoms with Crippen molar-refractivity contribution in [1.29, 1.82) is 0 Å². The van der Waals surface area contributed by atoms with E-state index >= 15 is 0 Å². The Bertz CT molecular complexity index is 533. The number of hydrogen-bond acceptors (Lipinski definition) is 2. The molecule has 0 saturated heterocycles. The molecule has 1 aromatic carbocycles. The molecule has 3 nitrogen and oxygen atoms in total. The van der Waals surface area contributed by atoms with E-state index in [0.717, 1.165) is 11.4 Å². The third kappa shape index (κ3) is 3.10. The van der Waals surface area contributed by atoms with Crippen LogP contribution >= 0.6 is 23.2 Å². The Morgan fingerprint density at radius 3 is 2.40 bits per heavy atom. The van der Waals surface area contributed by atoms with Crippen LogP contribution in [0.5, 0.6) is 5.75 Å². The van der Waals surface area contributed by atoms with E-state index < -0.39 is 0 Å². The van der Waals surface area contributed by atoms with Crippen molar-refractivity contribution >= 4 is 34.8 Å². The zero-order valence-corrected chi connectivity index (χ0v) is 13.1. The lowest BCUT2D eigenvalue weighted by Gasteiger charge is -2.07. The van der Waals surface area contributed by atoms with Gasteiger partial charge in [0, 0.05) is 5.69 Å². The molecule has 2 rings (SSSR count). The van der Waals surface area contributed by atoms with Gasteiger partial charge in [-0.3, -0.25) is 4.79 Å². The van der Waals surface area contributed by atoms with E-state index in [9.17, 15) is 4.79 Å². The third-order valence-corrected chi connectivity index (χ3v) is 4.11. The first-order valence-corrected chi connectivity index (χ1v) is 7.09. The van der Waals surface area contributed by atoms with Gasteiger partial charge in [-0.25, -0.2) is 0 Å². The Balaban J connectivity index is 2.04. The fourth-order valence-electron chi connectivity index (χ4n) is 2.52. The molecule has 0 unspecified atom stereocenters. The second-order valence-electron chi connectivity index (χ2n) is 5.50. The molecule has 1 aliphatic rings. The second kappa shape index (κ2) is 5.66. The summed E-state index contributed by atoms with van der Waals surface area (Å²) in [7, 11) is 1.60. The maximum atomic E-state index is 12.3. The zero-order valence-electron chi connectivity index (χ0n) is 11.6. The van der Waals surface area contributed by atoms with E-state index in [1.165, 1.54) is 0 Å². The monoisotopic (exact) mass is 313 g/mol. The standard InChI is InChI=1S/C15H17Cl2NO2/c1-15(2)11(8-12(16)17)13(15)14(19)18-9-4-6-10(20-3)7-5-9/h4-8,11,13H,1-3H3,(H,18,19)/t11-,13+/m0/s1. The molecule has 0 aromatic heterocycles. The highest BCUT2D eigenvalue weighted by molar-refractivity contribution is 6.55. The number of carbonyl (C=O) groups excluding carboxylic acids is 1. The van der Waals surface area contributed by atoms with Gasteiger partial charge in [0.15, 0.2) is 0 Å². The van der Waals surface area contributed by atoms with Crippen molar-refractivity contribution in [3.8, 4) is 5.75 Å². The van der Waals surface area contributed by atoms with Crippen LogP contribution in [-0.4, -0.2) is 13.0 Å². The van der Waals surface area contributed by atoms with Gasteiger partial charge in [-0.1, -0.05) is 37.0 Å². The number of halogens is 2. The van der Waals surface area contributed by atoms with Gasteiger partial charge < -0.3 is 10.1 Å². The highest BCUT2D eigenvalue weighted by Gasteiger charge is 2.60. The summed E-state index contributed by atoms with van der Waals surface area (Å²) in [6.45, 7) is 4.06. The predicted octanol–water partition coefficient (Wildman–Crippen LogP) is 4.22. The summed E-state index contributed by atoms with van der Waals surface area (Å²) in [6, 6.07) is 7.23. The predicted molar refractivity (Wildman–Crippen MR) is 82.2 cm³/mol. The molecule has 2 atom stereocenters. The third-order valence-electron chi connectivity index (χ3n) is 3.86. The summed E-state index contributed by atoms with van der Waals surface area (Å²) in [6.07, 6.45) is 1.74. The quantitative estimate of drug-likeness (QED) is 0.903. The molecule has 108 valence electrons. The van der Waals surface area contributed by atoms with Crippen molar-refractivity contribution in [1.82, 2.24) is 0 Å². The lowest BCUT2D eigenvalue weighted by atomic mass is 10.1. The number of ether oxygens (including phenoxy) is 1. The fourth-order valence-corrected chi connectivity index (χ4v) is 2.79. The van der Waals surface area contributed by atoms with Gasteiger partial charge in [-0.05, 0) is 41.7 Å². The molecule has 0 bridgehead atoms. The number of rotatable bonds is 4. The Labute approximate surface area is 128 Å². The maximum Gasteiger partial charge on any atom is 0.228 e. The van der Waals surface area contributed by atoms with Crippen LogP contribution in [0.15, 0.2) is 34.8 Å². The summed E-state index contributed by atoms with van der Waals surface area (Å²) in [5, 5.41) is 2.90. The van der Waals surface area contributed by atoms with Gasteiger partial charge in [0.1, 0.15) is 10.2 Å². The molecule has 1 saturated carbocycles. The fraction of sp³-hybridized carbons (Fsp3) is 0.400. The van der Waals surface area contributed by atoms with Crippen molar-refractivity contribution < 1.29 is 9.53 Å². The molecular formula is C15H17Cl2NO2. The number of benzene rings is 1. The van der Waals surface area contributed by atoms with E-state index in [4.69, 9.17) is 27.9 Å². The topological polar surface area (TPSA) is 38.3 Å². The Hall–Kier alpha value is -1.19. The summed E-state index contributed by atoms with van der Waals surface area (Å²) in [5.74, 6) is 0.698. The van der Waals surface area contributed by atoms with Crippen LogP contribution in [0.1, 0.15) is 13.8 Å². The largest absolute Gasteiger partial charge is 0.497 e. The SMILES string of the molecule is COc1ccc(NC(=O)[C@H]2[C@H](C=C(Cl)Cl)C2(C)C)cc1. The summed E-state index contributed by atoms with van der Waals surface area (Å²) in [4.78, 5) is 12.3. The van der Waals surface area contributed by atoms with Crippen LogP contribution < -0.4 is 10.1 Å². The molecule has 1 aliphatic carbocycles. The molecule has 0 spiro atoms. The molecule has 1 aromatic rings. The van der Waals surface area contributed by atoms with Gasteiger partial charge in [-0.15, -0.1) is 0 Å². The average molecular weight is 314 g/mol. The molecule has 0 radical (unpaired) electrons. The summed E-state index contributed by atoms with van der Waals surface area (Å²) < 4.78 is 5.29. The minimum absolute atomic E-state index is 0.0176. The highest BCUT2D eigenvalue weighted by atomic mass is 35.5. The molecule has 5 heteroatoms. The number of carbonyl (C=O) groups is 1. The van der Waals surface area contributed by atoms with Gasteiger partial charge in [0.25, 0.3) is 0 Å². The zero-order chi connectivity index (χ0) is 14.9. The maximum absolute atomic E-state index is 12.3. The van der Waals surface area contributed by atoms with Crippen LogP contribution in [0.25, 0.3) is 0 Å². The van der Waals surface area contributed by atoms with Gasteiger partial charge >= 0.3 is 0 Å². The number of allylic oxidation sites excluding steroid dienone is 1. The molecule has 1 N–H and O–H groups in total. The average Bonchev–Trinajstić information content (AvgIpc) is 2.91. The van der Waals surface area contributed by atoms with Gasteiger partial charge in [-0.2, -0.15) is 0 Å². The molecule has 0 aliphatic heterocycles. The first-order chi connectivity index (χ1) is 9.36. The van der Waals surface area contributed by atoms with Gasteiger partial charge in [0.2, 0.25) is 5.91 Å². The molecular weight excluding hydrogens is 297 g/mol. The van der Waals surface area contributed by atoms with E-state index in [-0.39, 0.29) is 27.6 Å². The number of amides is 1. The first-order valence-electron chi connectivity index (χ1n) is 6.34. The minimum atomic E-state index is -0.119. The van der Waals surface area contributed by atoms with Crippen molar-refractivity contribution in [3.05, 3.63) is 34.8 Å². The Kier molecular flexibility index (Phi) is 4.31. The lowest BCUT2D eigenvalue weighted by Crippen LogP contribution is -2.16. The Morgan fingerprint density at radius 1 is 1.30 bits per heavy atom. The second-order valence-corrected chi connectivity index (χ2v) is 6.51. The van der Waals surface area contributed by atoms with Crippen molar-refractivity contribution in [2.75, 3.05) is 12.4 Å². The van der Waals surface area contributed by atoms with Crippen LogP contribution in [0.2, 0.25) is 0 Å².